The Labute approximate surface area is 110 Å². The first-order valence-electron chi connectivity index (χ1n) is 6.05. The standard InChI is InChI=1S/C14H18BrNO/c1-3-9(2)7-12(16)13-8-10-5-4-6-11(15)14(10)17-13/h4-6,8-9,12H,3,7,16H2,1-2H3. The van der Waals surface area contributed by atoms with Crippen LogP contribution in [0.3, 0.4) is 0 Å². The third kappa shape index (κ3) is 2.72. The average Bonchev–Trinajstić information content (AvgIpc) is 2.74. The molecule has 17 heavy (non-hydrogen) atoms. The maximum Gasteiger partial charge on any atom is 0.148 e. The topological polar surface area (TPSA) is 39.2 Å². The molecule has 2 aromatic rings. The molecule has 2 N–H and O–H groups in total. The molecule has 2 rings (SSSR count). The van der Waals surface area contributed by atoms with Gasteiger partial charge in [-0.25, -0.2) is 0 Å². The van der Waals surface area contributed by atoms with Gasteiger partial charge in [-0.2, -0.15) is 0 Å². The highest BCUT2D eigenvalue weighted by molar-refractivity contribution is 9.10. The molecule has 92 valence electrons. The summed E-state index contributed by atoms with van der Waals surface area (Å²) in [6.07, 6.45) is 2.12. The maximum atomic E-state index is 6.18. The van der Waals surface area contributed by atoms with Gasteiger partial charge in [-0.3, -0.25) is 0 Å². The maximum absolute atomic E-state index is 6.18. The molecule has 3 heteroatoms. The van der Waals surface area contributed by atoms with Crippen molar-refractivity contribution in [3.63, 3.8) is 0 Å². The predicted molar refractivity (Wildman–Crippen MR) is 74.9 cm³/mol. The Hall–Kier alpha value is -0.800. The molecule has 0 spiro atoms. The van der Waals surface area contributed by atoms with E-state index in [0.29, 0.717) is 5.92 Å². The van der Waals surface area contributed by atoms with Crippen molar-refractivity contribution < 1.29 is 4.42 Å². The Morgan fingerprint density at radius 1 is 1.41 bits per heavy atom. The molecule has 1 aromatic carbocycles. The first kappa shape index (κ1) is 12.7. The van der Waals surface area contributed by atoms with Crippen LogP contribution in [0.2, 0.25) is 0 Å². The van der Waals surface area contributed by atoms with Gasteiger partial charge in [0.2, 0.25) is 0 Å². The molecular formula is C14H18BrNO. The first-order chi connectivity index (χ1) is 8.11. The van der Waals surface area contributed by atoms with Crippen molar-refractivity contribution in [2.24, 2.45) is 11.7 Å². The highest BCUT2D eigenvalue weighted by Gasteiger charge is 2.15. The van der Waals surface area contributed by atoms with Gasteiger partial charge in [0.1, 0.15) is 11.3 Å². The van der Waals surface area contributed by atoms with Crippen molar-refractivity contribution >= 4 is 26.9 Å². The fourth-order valence-electron chi connectivity index (χ4n) is 1.95. The summed E-state index contributed by atoms with van der Waals surface area (Å²) in [6, 6.07) is 8.07. The van der Waals surface area contributed by atoms with E-state index in [1.807, 2.05) is 24.3 Å². The second-order valence-electron chi connectivity index (χ2n) is 4.66. The van der Waals surface area contributed by atoms with E-state index in [9.17, 15) is 0 Å². The third-order valence-electron chi connectivity index (χ3n) is 3.23. The zero-order valence-electron chi connectivity index (χ0n) is 10.2. The molecule has 0 bridgehead atoms. The van der Waals surface area contributed by atoms with Gasteiger partial charge in [0.05, 0.1) is 10.5 Å². The normalized spacial score (nSPS) is 15.1. The molecule has 0 amide bonds. The Bertz CT molecular complexity index is 506. The molecule has 0 aliphatic rings. The second kappa shape index (κ2) is 5.23. The number of nitrogens with two attached hydrogens (primary N) is 1. The molecule has 0 saturated carbocycles. The van der Waals surface area contributed by atoms with Crippen LogP contribution in [0.25, 0.3) is 11.0 Å². The minimum atomic E-state index is -0.00995. The number of furan rings is 1. The third-order valence-corrected chi connectivity index (χ3v) is 3.86. The van der Waals surface area contributed by atoms with Crippen LogP contribution in [0.5, 0.6) is 0 Å². The van der Waals surface area contributed by atoms with Gasteiger partial charge in [0, 0.05) is 5.39 Å². The Morgan fingerprint density at radius 3 is 2.82 bits per heavy atom. The van der Waals surface area contributed by atoms with Gasteiger partial charge in [-0.15, -0.1) is 0 Å². The summed E-state index contributed by atoms with van der Waals surface area (Å²) < 4.78 is 6.82. The van der Waals surface area contributed by atoms with Crippen molar-refractivity contribution in [2.45, 2.75) is 32.7 Å². The molecular weight excluding hydrogens is 278 g/mol. The van der Waals surface area contributed by atoms with Crippen molar-refractivity contribution in [1.82, 2.24) is 0 Å². The number of para-hydroxylation sites is 1. The predicted octanol–water partition coefficient (Wildman–Crippen LogP) is 4.63. The molecule has 0 aliphatic carbocycles. The van der Waals surface area contributed by atoms with Crippen LogP contribution in [0, 0.1) is 5.92 Å². The molecule has 1 heterocycles. The quantitative estimate of drug-likeness (QED) is 0.893. The Balaban J connectivity index is 2.27. The zero-order chi connectivity index (χ0) is 12.4. The van der Waals surface area contributed by atoms with E-state index in [1.165, 1.54) is 0 Å². The van der Waals surface area contributed by atoms with E-state index < -0.39 is 0 Å². The fraction of sp³-hybridized carbons (Fsp3) is 0.429. The lowest BCUT2D eigenvalue weighted by Crippen LogP contribution is -2.12. The minimum absolute atomic E-state index is 0.00995. The lowest BCUT2D eigenvalue weighted by Gasteiger charge is -2.13. The number of fused-ring (bicyclic) bond motifs is 1. The summed E-state index contributed by atoms with van der Waals surface area (Å²) in [4.78, 5) is 0. The average molecular weight is 296 g/mol. The van der Waals surface area contributed by atoms with Crippen molar-refractivity contribution in [1.29, 1.82) is 0 Å². The van der Waals surface area contributed by atoms with E-state index >= 15 is 0 Å². The Morgan fingerprint density at radius 2 is 2.18 bits per heavy atom. The molecule has 1 aromatic heterocycles. The van der Waals surface area contributed by atoms with Crippen molar-refractivity contribution in [2.75, 3.05) is 0 Å². The smallest absolute Gasteiger partial charge is 0.148 e. The van der Waals surface area contributed by atoms with Crippen molar-refractivity contribution in [3.8, 4) is 0 Å². The fourth-order valence-corrected chi connectivity index (χ4v) is 2.41. The van der Waals surface area contributed by atoms with E-state index in [4.69, 9.17) is 10.2 Å². The van der Waals surface area contributed by atoms with Gasteiger partial charge >= 0.3 is 0 Å². The SMILES string of the molecule is CCC(C)CC(N)c1cc2cccc(Br)c2o1. The molecule has 0 fully saturated rings. The number of halogens is 1. The summed E-state index contributed by atoms with van der Waals surface area (Å²) in [5, 5.41) is 1.11. The molecule has 0 radical (unpaired) electrons. The molecule has 2 nitrogen and oxygen atoms in total. The number of hydrogen-bond donors (Lipinski definition) is 1. The van der Waals surface area contributed by atoms with Crippen LogP contribution in [0.1, 0.15) is 38.5 Å². The highest BCUT2D eigenvalue weighted by atomic mass is 79.9. The largest absolute Gasteiger partial charge is 0.458 e. The number of rotatable bonds is 4. The highest BCUT2D eigenvalue weighted by Crippen LogP contribution is 2.31. The summed E-state index contributed by atoms with van der Waals surface area (Å²) in [5.41, 5.74) is 7.07. The summed E-state index contributed by atoms with van der Waals surface area (Å²) in [5.74, 6) is 1.51. The van der Waals surface area contributed by atoms with Gasteiger partial charge in [0.25, 0.3) is 0 Å². The van der Waals surface area contributed by atoms with Gasteiger partial charge < -0.3 is 10.2 Å². The van der Waals surface area contributed by atoms with Gasteiger partial charge in [-0.1, -0.05) is 32.4 Å². The van der Waals surface area contributed by atoms with Crippen LogP contribution in [-0.4, -0.2) is 0 Å². The monoisotopic (exact) mass is 295 g/mol. The first-order valence-corrected chi connectivity index (χ1v) is 6.84. The lowest BCUT2D eigenvalue weighted by atomic mass is 9.98. The number of benzene rings is 1. The summed E-state index contributed by atoms with van der Waals surface area (Å²) >= 11 is 3.49. The lowest BCUT2D eigenvalue weighted by molar-refractivity contribution is 0.408. The van der Waals surface area contributed by atoms with E-state index in [-0.39, 0.29) is 6.04 Å². The zero-order valence-corrected chi connectivity index (χ0v) is 11.8. The molecule has 0 aliphatic heterocycles. The number of hydrogen-bond acceptors (Lipinski definition) is 2. The van der Waals surface area contributed by atoms with Gasteiger partial charge in [-0.05, 0) is 40.4 Å². The van der Waals surface area contributed by atoms with Gasteiger partial charge in [0.15, 0.2) is 0 Å². The van der Waals surface area contributed by atoms with Crippen LogP contribution in [-0.2, 0) is 0 Å². The summed E-state index contributed by atoms with van der Waals surface area (Å²) in [7, 11) is 0. The Kier molecular flexibility index (Phi) is 3.89. The molecule has 2 atom stereocenters. The molecule has 0 saturated heterocycles. The summed E-state index contributed by atoms with van der Waals surface area (Å²) in [6.45, 7) is 4.41. The molecule has 2 unspecified atom stereocenters. The second-order valence-corrected chi connectivity index (χ2v) is 5.52. The van der Waals surface area contributed by atoms with Crippen LogP contribution in [0.15, 0.2) is 33.2 Å². The minimum Gasteiger partial charge on any atom is -0.458 e. The van der Waals surface area contributed by atoms with E-state index in [0.717, 1.165) is 34.0 Å². The van der Waals surface area contributed by atoms with Crippen molar-refractivity contribution in [3.05, 3.63) is 34.5 Å². The van der Waals surface area contributed by atoms with E-state index in [1.54, 1.807) is 0 Å². The van der Waals surface area contributed by atoms with Crippen LogP contribution in [0.4, 0.5) is 0 Å². The van der Waals surface area contributed by atoms with Crippen LogP contribution >= 0.6 is 15.9 Å². The van der Waals surface area contributed by atoms with E-state index in [2.05, 4.69) is 29.8 Å². The van der Waals surface area contributed by atoms with Crippen LogP contribution < -0.4 is 5.73 Å².